The number of hydrogen-bond acceptors (Lipinski definition) is 2. The normalized spacial score (nSPS) is 12.8. The van der Waals surface area contributed by atoms with E-state index in [2.05, 4.69) is 265 Å². The molecule has 0 N–H and O–H groups in total. The predicted octanol–water partition coefficient (Wildman–Crippen LogP) is 18.4. The molecule has 3 heteroatoms. The first-order valence-electron chi connectivity index (χ1n) is 23.8. The highest BCUT2D eigenvalue weighted by Crippen LogP contribution is 2.55. The Bertz CT molecular complexity index is 4110. The van der Waals surface area contributed by atoms with Crippen LogP contribution in [0.2, 0.25) is 0 Å². The highest BCUT2D eigenvalue weighted by Gasteiger charge is 2.42. The molecule has 0 unspecified atom stereocenters. The van der Waals surface area contributed by atoms with Crippen LogP contribution in [0.5, 0.6) is 0 Å². The second kappa shape index (κ2) is 15.5. The van der Waals surface area contributed by atoms with Gasteiger partial charge in [-0.25, -0.2) is 0 Å². The van der Waals surface area contributed by atoms with Gasteiger partial charge in [0, 0.05) is 53.4 Å². The third kappa shape index (κ3) is 6.11. The molecule has 1 aliphatic rings. The van der Waals surface area contributed by atoms with Crippen molar-refractivity contribution in [2.45, 2.75) is 12.3 Å². The summed E-state index contributed by atoms with van der Waals surface area (Å²) in [4.78, 5) is 2.49. The first-order chi connectivity index (χ1) is 34.1. The number of thiophene rings is 1. The molecule has 0 spiro atoms. The fourth-order valence-corrected chi connectivity index (χ4v) is 12.8. The van der Waals surface area contributed by atoms with Crippen LogP contribution < -0.4 is 4.90 Å². The summed E-state index contributed by atoms with van der Waals surface area (Å²) in [5.74, 6) is 0. The van der Waals surface area contributed by atoms with Crippen molar-refractivity contribution in [3.63, 3.8) is 0 Å². The summed E-state index contributed by atoms with van der Waals surface area (Å²) in [7, 11) is 0. The van der Waals surface area contributed by atoms with Gasteiger partial charge in [0.15, 0.2) is 0 Å². The van der Waals surface area contributed by atoms with E-state index in [-0.39, 0.29) is 5.41 Å². The number of aromatic nitrogens is 1. The molecule has 0 atom stereocenters. The maximum atomic E-state index is 2.49. The minimum atomic E-state index is -0.383. The van der Waals surface area contributed by atoms with Crippen LogP contribution in [0, 0.1) is 0 Å². The highest BCUT2D eigenvalue weighted by atomic mass is 32.1. The molecule has 0 amide bonds. The molecule has 0 aliphatic heterocycles. The third-order valence-electron chi connectivity index (χ3n) is 14.9. The fraction of sp³-hybridized carbons (Fsp3) is 0.0303. The molecule has 324 valence electrons. The van der Waals surface area contributed by atoms with Crippen LogP contribution in [0.15, 0.2) is 249 Å². The predicted molar refractivity (Wildman–Crippen MR) is 294 cm³/mol. The van der Waals surface area contributed by atoms with E-state index in [1.165, 1.54) is 103 Å². The van der Waals surface area contributed by atoms with Gasteiger partial charge in [0.25, 0.3) is 0 Å². The summed E-state index contributed by atoms with van der Waals surface area (Å²) in [5.41, 5.74) is 17.9. The van der Waals surface area contributed by atoms with E-state index in [0.29, 0.717) is 0 Å². The lowest BCUT2D eigenvalue weighted by Crippen LogP contribution is -2.25. The van der Waals surface area contributed by atoms with Crippen LogP contribution in [0.3, 0.4) is 0 Å². The lowest BCUT2D eigenvalue weighted by Gasteiger charge is -2.35. The lowest BCUT2D eigenvalue weighted by atomic mass is 9.73. The van der Waals surface area contributed by atoms with Crippen molar-refractivity contribution in [1.82, 2.24) is 4.57 Å². The van der Waals surface area contributed by atoms with Gasteiger partial charge < -0.3 is 9.47 Å². The number of anilines is 3. The Morgan fingerprint density at radius 3 is 1.68 bits per heavy atom. The van der Waals surface area contributed by atoms with Crippen molar-refractivity contribution in [1.29, 1.82) is 0 Å². The molecule has 0 bridgehead atoms. The van der Waals surface area contributed by atoms with Gasteiger partial charge in [-0.3, -0.25) is 0 Å². The number of rotatable bonds is 7. The van der Waals surface area contributed by atoms with Crippen molar-refractivity contribution in [3.05, 3.63) is 265 Å². The molecule has 11 aromatic carbocycles. The van der Waals surface area contributed by atoms with Crippen LogP contribution in [0.1, 0.15) is 23.6 Å². The number of nitrogens with zero attached hydrogens (tertiary/aromatic N) is 2. The number of para-hydroxylation sites is 2. The molecular weight excluding hydrogens is 853 g/mol. The van der Waals surface area contributed by atoms with Gasteiger partial charge >= 0.3 is 0 Å². The second-order valence-corrected chi connectivity index (χ2v) is 19.6. The Balaban J connectivity index is 0.934. The van der Waals surface area contributed by atoms with Gasteiger partial charge in [-0.05, 0) is 141 Å². The molecule has 0 saturated carbocycles. The van der Waals surface area contributed by atoms with Crippen molar-refractivity contribution in [3.8, 4) is 39.1 Å². The van der Waals surface area contributed by atoms with Crippen molar-refractivity contribution in [2.24, 2.45) is 0 Å². The van der Waals surface area contributed by atoms with E-state index >= 15 is 0 Å². The quantitative estimate of drug-likeness (QED) is 0.155. The monoisotopic (exact) mass is 896 g/mol. The van der Waals surface area contributed by atoms with Crippen LogP contribution >= 0.6 is 11.3 Å². The number of benzene rings is 11. The average molecular weight is 897 g/mol. The summed E-state index contributed by atoms with van der Waals surface area (Å²) in [6.45, 7) is 2.42. The first kappa shape index (κ1) is 39.6. The number of hydrogen-bond donors (Lipinski definition) is 0. The zero-order valence-electron chi connectivity index (χ0n) is 38.0. The molecule has 13 aromatic rings. The molecule has 0 saturated heterocycles. The van der Waals surface area contributed by atoms with Crippen molar-refractivity contribution >= 4 is 81.1 Å². The molecule has 0 fully saturated rings. The maximum Gasteiger partial charge on any atom is 0.0541 e. The number of fused-ring (bicyclic) bond motifs is 10. The Hall–Kier alpha value is -8.50. The molecule has 2 heterocycles. The van der Waals surface area contributed by atoms with Crippen LogP contribution in [0.4, 0.5) is 17.1 Å². The Morgan fingerprint density at radius 1 is 0.362 bits per heavy atom. The van der Waals surface area contributed by atoms with E-state index in [4.69, 9.17) is 0 Å². The van der Waals surface area contributed by atoms with Gasteiger partial charge in [-0.1, -0.05) is 176 Å². The van der Waals surface area contributed by atoms with Gasteiger partial charge in [0.1, 0.15) is 0 Å². The maximum absolute atomic E-state index is 2.49. The fourth-order valence-electron chi connectivity index (χ4n) is 11.6. The molecule has 1 aliphatic carbocycles. The Kier molecular flexibility index (Phi) is 8.92. The SMILES string of the molecule is CC1(c2ccccc2N(c2ccc(-c3ccc4c(c3)c3cc(-c5cccc6ccccc56)ccc3n4-c3ccccc3)cc2)c2ccc3c(c2)sc2ccccc23)c2ccccc2-c2ccccc21. The lowest BCUT2D eigenvalue weighted by molar-refractivity contribution is 0.714. The average Bonchev–Trinajstić information content (AvgIpc) is 4.04. The minimum absolute atomic E-state index is 0.383. The van der Waals surface area contributed by atoms with Crippen LogP contribution in [-0.4, -0.2) is 4.57 Å². The first-order valence-corrected chi connectivity index (χ1v) is 24.6. The molecule has 0 radical (unpaired) electrons. The summed E-state index contributed by atoms with van der Waals surface area (Å²) < 4.78 is 5.00. The molecule has 2 nitrogen and oxygen atoms in total. The summed E-state index contributed by atoms with van der Waals surface area (Å²) in [5, 5.41) is 7.58. The standard InChI is InChI=1S/C66H44N2S/c1-66(58-25-10-7-21-52(58)53-22-8-11-26-59(53)66)60-27-12-13-28-63(60)67(49-36-37-55-54-23-9-14-29-64(54)69-65(55)42-49)48-34-30-43(31-35-48)45-32-38-61-56(40-45)57-41-46(51-24-15-17-44-16-5-6-20-50(44)51)33-39-62(57)68(61)47-18-3-2-4-19-47/h2-42H,1H3. The molecular formula is C66H44N2S. The van der Waals surface area contributed by atoms with Gasteiger partial charge in [0.05, 0.1) is 16.7 Å². The topological polar surface area (TPSA) is 8.17 Å². The molecule has 69 heavy (non-hydrogen) atoms. The van der Waals surface area contributed by atoms with E-state index in [0.717, 1.165) is 22.7 Å². The van der Waals surface area contributed by atoms with Gasteiger partial charge in [-0.2, -0.15) is 0 Å². The zero-order chi connectivity index (χ0) is 45.6. The van der Waals surface area contributed by atoms with Gasteiger partial charge in [-0.15, -0.1) is 11.3 Å². The summed E-state index contributed by atoms with van der Waals surface area (Å²) in [6, 6.07) is 92.1. The second-order valence-electron chi connectivity index (χ2n) is 18.6. The van der Waals surface area contributed by atoms with Crippen molar-refractivity contribution < 1.29 is 0 Å². The van der Waals surface area contributed by atoms with E-state index < -0.39 is 0 Å². The minimum Gasteiger partial charge on any atom is -0.310 e. The van der Waals surface area contributed by atoms with E-state index in [1.54, 1.807) is 0 Å². The van der Waals surface area contributed by atoms with Gasteiger partial charge in [0.2, 0.25) is 0 Å². The third-order valence-corrected chi connectivity index (χ3v) is 16.0. The molecule has 2 aromatic heterocycles. The highest BCUT2D eigenvalue weighted by molar-refractivity contribution is 7.25. The van der Waals surface area contributed by atoms with E-state index in [1.807, 2.05) is 11.3 Å². The van der Waals surface area contributed by atoms with Crippen LogP contribution in [-0.2, 0) is 5.41 Å². The summed E-state index contributed by atoms with van der Waals surface area (Å²) >= 11 is 1.87. The Labute approximate surface area is 405 Å². The Morgan fingerprint density at radius 2 is 0.913 bits per heavy atom. The summed E-state index contributed by atoms with van der Waals surface area (Å²) in [6.07, 6.45) is 0. The molecule has 14 rings (SSSR count). The largest absolute Gasteiger partial charge is 0.310 e. The van der Waals surface area contributed by atoms with Crippen LogP contribution in [0.25, 0.3) is 91.8 Å². The smallest absolute Gasteiger partial charge is 0.0541 e. The zero-order valence-corrected chi connectivity index (χ0v) is 38.8. The van der Waals surface area contributed by atoms with Crippen molar-refractivity contribution in [2.75, 3.05) is 4.90 Å². The van der Waals surface area contributed by atoms with E-state index in [9.17, 15) is 0 Å².